The van der Waals surface area contributed by atoms with E-state index >= 15 is 0 Å². The molecule has 1 unspecified atom stereocenters. The molecule has 1 N–H and O–H groups in total. The molecule has 1 aliphatic heterocycles. The van der Waals surface area contributed by atoms with Crippen LogP contribution in [-0.2, 0) is 6.54 Å². The zero-order valence-corrected chi connectivity index (χ0v) is 19.8. The topological polar surface area (TPSA) is 54.2 Å². The predicted molar refractivity (Wildman–Crippen MR) is 134 cm³/mol. The summed E-state index contributed by atoms with van der Waals surface area (Å²) in [4.78, 5) is 6.66. The highest BCUT2D eigenvalue weighted by atomic mass is 35.5. The number of hydrogen-bond acceptors (Lipinski definition) is 4. The lowest BCUT2D eigenvalue weighted by molar-refractivity contribution is 0.396. The summed E-state index contributed by atoms with van der Waals surface area (Å²) in [6, 6.07) is 23.3. The maximum Gasteiger partial charge on any atom is 0.258 e. The fourth-order valence-electron chi connectivity index (χ4n) is 4.00. The first-order valence-electron chi connectivity index (χ1n) is 10.7. The summed E-state index contributed by atoms with van der Waals surface area (Å²) >= 11 is 12.0. The van der Waals surface area contributed by atoms with Crippen LogP contribution in [0, 0.1) is 5.82 Å². The van der Waals surface area contributed by atoms with Gasteiger partial charge in [0.25, 0.3) is 5.89 Å². The quantitative estimate of drug-likeness (QED) is 0.327. The summed E-state index contributed by atoms with van der Waals surface area (Å²) in [5.41, 5.74) is 4.39. The first kappa shape index (κ1) is 22.3. The highest BCUT2D eigenvalue weighted by molar-refractivity contribution is 7.80. The lowest BCUT2D eigenvalue weighted by Gasteiger charge is -2.37. The molecule has 0 amide bonds. The van der Waals surface area contributed by atoms with Crippen LogP contribution in [0.2, 0.25) is 5.02 Å². The van der Waals surface area contributed by atoms with E-state index < -0.39 is 0 Å². The Morgan fingerprint density at radius 3 is 2.56 bits per heavy atom. The molecule has 1 aromatic heterocycles. The van der Waals surface area contributed by atoms with Crippen LogP contribution >= 0.6 is 23.8 Å². The van der Waals surface area contributed by atoms with Crippen molar-refractivity contribution in [2.24, 2.45) is 0 Å². The molecule has 0 aliphatic carbocycles. The van der Waals surface area contributed by atoms with Crippen molar-refractivity contribution < 1.29 is 8.91 Å². The van der Waals surface area contributed by atoms with E-state index in [2.05, 4.69) is 27.6 Å². The summed E-state index contributed by atoms with van der Waals surface area (Å²) in [6.45, 7) is 2.58. The summed E-state index contributed by atoms with van der Waals surface area (Å²) in [7, 11) is 0. The number of allylic oxidation sites excluding steroid dienone is 1. The van der Waals surface area contributed by atoms with Gasteiger partial charge in [-0.15, -0.1) is 0 Å². The second kappa shape index (κ2) is 9.37. The summed E-state index contributed by atoms with van der Waals surface area (Å²) in [5.74, 6) is 0.409. The zero-order valence-electron chi connectivity index (χ0n) is 18.2. The first-order chi connectivity index (χ1) is 16.5. The minimum atomic E-state index is -0.334. The molecule has 0 bridgehead atoms. The van der Waals surface area contributed by atoms with Crippen LogP contribution in [0.15, 0.2) is 89.1 Å². The fraction of sp³-hybridized carbons (Fsp3) is 0.115. The Labute approximate surface area is 206 Å². The number of nitrogens with one attached hydrogen (secondary N) is 1. The van der Waals surface area contributed by atoms with Gasteiger partial charge in [-0.25, -0.2) is 4.39 Å². The second-order valence-electron chi connectivity index (χ2n) is 7.94. The Bertz CT molecular complexity index is 1370. The third kappa shape index (κ3) is 4.44. The Morgan fingerprint density at radius 2 is 1.82 bits per heavy atom. The summed E-state index contributed by atoms with van der Waals surface area (Å²) in [6.07, 6.45) is 0. The lowest BCUT2D eigenvalue weighted by atomic mass is 9.94. The van der Waals surface area contributed by atoms with Crippen LogP contribution in [-0.4, -0.2) is 20.2 Å². The maximum atomic E-state index is 13.4. The van der Waals surface area contributed by atoms with Crippen LogP contribution < -0.4 is 5.32 Å². The molecule has 0 spiro atoms. The number of benzene rings is 3. The Balaban J connectivity index is 1.60. The standard InChI is InChI=1S/C26H20ClFN4OS/c1-16-22(25-30-24(31-33-25)18-10-12-21(28)13-11-18)23(19-8-5-9-20(27)14-19)29-26(34)32(16)15-17-6-3-2-4-7-17/h2-14,23H,15H2,1H3,(H,29,34). The number of rotatable bonds is 5. The molecule has 0 radical (unpaired) electrons. The normalized spacial score (nSPS) is 16.0. The van der Waals surface area contributed by atoms with Gasteiger partial charge in [0.15, 0.2) is 5.11 Å². The van der Waals surface area contributed by atoms with E-state index in [1.54, 1.807) is 12.1 Å². The molecule has 2 heterocycles. The average Bonchev–Trinajstić information content (AvgIpc) is 3.32. The van der Waals surface area contributed by atoms with Crippen molar-refractivity contribution in [3.8, 4) is 11.4 Å². The van der Waals surface area contributed by atoms with Crippen LogP contribution in [0.1, 0.15) is 30.0 Å². The highest BCUT2D eigenvalue weighted by Crippen LogP contribution is 2.38. The zero-order chi connectivity index (χ0) is 23.7. The van der Waals surface area contributed by atoms with Gasteiger partial charge in [0, 0.05) is 22.8 Å². The van der Waals surface area contributed by atoms with Crippen molar-refractivity contribution in [3.63, 3.8) is 0 Å². The Kier molecular flexibility index (Phi) is 6.13. The van der Waals surface area contributed by atoms with Crippen molar-refractivity contribution in [2.75, 3.05) is 0 Å². The molecular weight excluding hydrogens is 471 g/mol. The van der Waals surface area contributed by atoms with E-state index in [0.29, 0.717) is 34.0 Å². The van der Waals surface area contributed by atoms with Crippen LogP contribution in [0.3, 0.4) is 0 Å². The predicted octanol–water partition coefficient (Wildman–Crippen LogP) is 6.39. The van der Waals surface area contributed by atoms with E-state index in [9.17, 15) is 4.39 Å². The van der Waals surface area contributed by atoms with Crippen molar-refractivity contribution in [3.05, 3.63) is 112 Å². The molecule has 0 saturated heterocycles. The Hall–Kier alpha value is -3.55. The molecule has 0 fully saturated rings. The summed E-state index contributed by atoms with van der Waals surface area (Å²) in [5, 5.41) is 8.79. The van der Waals surface area contributed by atoms with E-state index in [4.69, 9.17) is 28.3 Å². The molecule has 5 rings (SSSR count). The van der Waals surface area contributed by atoms with Gasteiger partial charge in [0.1, 0.15) is 5.82 Å². The lowest BCUT2D eigenvalue weighted by Crippen LogP contribution is -2.45. The van der Waals surface area contributed by atoms with Crippen molar-refractivity contribution in [2.45, 2.75) is 19.5 Å². The van der Waals surface area contributed by atoms with Gasteiger partial charge in [-0.3, -0.25) is 0 Å². The van der Waals surface area contributed by atoms with E-state index in [1.165, 1.54) is 12.1 Å². The van der Waals surface area contributed by atoms with E-state index in [1.807, 2.05) is 54.3 Å². The third-order valence-corrected chi connectivity index (χ3v) is 6.29. The van der Waals surface area contributed by atoms with Crippen molar-refractivity contribution in [1.29, 1.82) is 0 Å². The molecule has 4 aromatic rings. The highest BCUT2D eigenvalue weighted by Gasteiger charge is 2.34. The molecule has 1 atom stereocenters. The minimum Gasteiger partial charge on any atom is -0.351 e. The number of thiocarbonyl (C=S) groups is 1. The number of aromatic nitrogens is 2. The van der Waals surface area contributed by atoms with Crippen LogP contribution in [0.25, 0.3) is 17.0 Å². The smallest absolute Gasteiger partial charge is 0.258 e. The number of halogens is 2. The summed E-state index contributed by atoms with van der Waals surface area (Å²) < 4.78 is 19.1. The van der Waals surface area contributed by atoms with Gasteiger partial charge < -0.3 is 14.7 Å². The second-order valence-corrected chi connectivity index (χ2v) is 8.76. The molecule has 8 heteroatoms. The fourth-order valence-corrected chi connectivity index (χ4v) is 4.52. The van der Waals surface area contributed by atoms with E-state index in [0.717, 1.165) is 22.4 Å². The van der Waals surface area contributed by atoms with E-state index in [-0.39, 0.29) is 11.9 Å². The van der Waals surface area contributed by atoms with Gasteiger partial charge in [-0.1, -0.05) is 59.2 Å². The first-order valence-corrected chi connectivity index (χ1v) is 11.5. The molecule has 0 saturated carbocycles. The monoisotopic (exact) mass is 490 g/mol. The molecule has 5 nitrogen and oxygen atoms in total. The third-order valence-electron chi connectivity index (χ3n) is 5.72. The van der Waals surface area contributed by atoms with Crippen LogP contribution in [0.4, 0.5) is 4.39 Å². The van der Waals surface area contributed by atoms with Crippen LogP contribution in [0.5, 0.6) is 0 Å². The Morgan fingerprint density at radius 1 is 1.06 bits per heavy atom. The number of nitrogens with zero attached hydrogens (tertiary/aromatic N) is 3. The SMILES string of the molecule is CC1=C(c2nc(-c3ccc(F)cc3)no2)C(c2cccc(Cl)c2)NC(=S)N1Cc1ccccc1. The van der Waals surface area contributed by atoms with Gasteiger partial charge in [0.05, 0.1) is 11.6 Å². The molecular formula is C26H20ClFN4OS. The van der Waals surface area contributed by atoms with Crippen molar-refractivity contribution >= 4 is 34.5 Å². The molecule has 1 aliphatic rings. The molecule has 3 aromatic carbocycles. The van der Waals surface area contributed by atoms with Crippen molar-refractivity contribution in [1.82, 2.24) is 20.4 Å². The average molecular weight is 491 g/mol. The maximum absolute atomic E-state index is 13.4. The van der Waals surface area contributed by atoms with Gasteiger partial charge in [0.2, 0.25) is 5.82 Å². The minimum absolute atomic E-state index is 0.325. The van der Waals surface area contributed by atoms with Gasteiger partial charge in [-0.05, 0) is 66.7 Å². The molecule has 34 heavy (non-hydrogen) atoms. The van der Waals surface area contributed by atoms with Gasteiger partial charge in [-0.2, -0.15) is 4.98 Å². The van der Waals surface area contributed by atoms with Gasteiger partial charge >= 0.3 is 0 Å². The largest absolute Gasteiger partial charge is 0.351 e. The molecule has 170 valence electrons. The number of hydrogen-bond donors (Lipinski definition) is 1.